The molecule has 0 aliphatic carbocycles. The van der Waals surface area contributed by atoms with Gasteiger partial charge in [-0.1, -0.05) is 44.5 Å². The summed E-state index contributed by atoms with van der Waals surface area (Å²) in [5.41, 5.74) is 3.33. The van der Waals surface area contributed by atoms with Gasteiger partial charge in [0.1, 0.15) is 6.04 Å². The molecule has 1 atom stereocenters. The minimum absolute atomic E-state index is 0.337. The van der Waals surface area contributed by atoms with Crippen LogP contribution in [0.25, 0.3) is 0 Å². The number of hydrogen-bond acceptors (Lipinski definition) is 3. The van der Waals surface area contributed by atoms with E-state index in [0.29, 0.717) is 17.8 Å². The van der Waals surface area contributed by atoms with E-state index in [2.05, 4.69) is 12.2 Å². The summed E-state index contributed by atoms with van der Waals surface area (Å²) in [6.45, 7) is 5.86. The Labute approximate surface area is 168 Å². The van der Waals surface area contributed by atoms with Crippen molar-refractivity contribution < 1.29 is 13.2 Å². The number of nitrogens with zero attached hydrogens (tertiary/aromatic N) is 1. The minimum Gasteiger partial charge on any atom is -0.324 e. The van der Waals surface area contributed by atoms with Crippen LogP contribution in [0.1, 0.15) is 44.2 Å². The Morgan fingerprint density at radius 1 is 1.11 bits per heavy atom. The fourth-order valence-electron chi connectivity index (χ4n) is 3.19. The second-order valence-electron chi connectivity index (χ2n) is 7.11. The molecular weight excluding hydrogens is 372 g/mol. The van der Waals surface area contributed by atoms with Gasteiger partial charge in [-0.25, -0.2) is 8.42 Å². The van der Waals surface area contributed by atoms with E-state index in [9.17, 15) is 13.2 Å². The number of unbranched alkanes of at least 4 members (excludes halogenated alkanes) is 1. The third-order valence-corrected chi connectivity index (χ3v) is 5.81. The van der Waals surface area contributed by atoms with Crippen LogP contribution in [0, 0.1) is 6.92 Å². The van der Waals surface area contributed by atoms with Gasteiger partial charge in [-0.05, 0) is 61.6 Å². The monoisotopic (exact) mass is 402 g/mol. The van der Waals surface area contributed by atoms with Crippen LogP contribution < -0.4 is 9.62 Å². The number of rotatable bonds is 9. The molecule has 0 heterocycles. The summed E-state index contributed by atoms with van der Waals surface area (Å²) in [7, 11) is -3.63. The molecule has 2 rings (SSSR count). The molecule has 0 aliphatic rings. The second-order valence-corrected chi connectivity index (χ2v) is 8.97. The van der Waals surface area contributed by atoms with Crippen molar-refractivity contribution in [3.05, 3.63) is 59.7 Å². The van der Waals surface area contributed by atoms with Gasteiger partial charge in [0.25, 0.3) is 0 Å². The largest absolute Gasteiger partial charge is 0.324 e. The molecule has 6 heteroatoms. The Morgan fingerprint density at radius 2 is 1.79 bits per heavy atom. The number of anilines is 2. The van der Waals surface area contributed by atoms with Crippen LogP contribution in [0.2, 0.25) is 0 Å². The molecule has 0 aliphatic heterocycles. The highest BCUT2D eigenvalue weighted by molar-refractivity contribution is 7.92. The van der Waals surface area contributed by atoms with Gasteiger partial charge < -0.3 is 5.32 Å². The van der Waals surface area contributed by atoms with E-state index in [0.717, 1.165) is 31.1 Å². The quantitative estimate of drug-likeness (QED) is 0.670. The Hall–Kier alpha value is -2.34. The lowest BCUT2D eigenvalue weighted by Gasteiger charge is -2.30. The van der Waals surface area contributed by atoms with Crippen molar-refractivity contribution >= 4 is 27.3 Å². The zero-order valence-corrected chi connectivity index (χ0v) is 17.9. The predicted molar refractivity (Wildman–Crippen MR) is 116 cm³/mol. The van der Waals surface area contributed by atoms with Crippen molar-refractivity contribution in [3.8, 4) is 0 Å². The zero-order valence-electron chi connectivity index (χ0n) is 17.1. The van der Waals surface area contributed by atoms with Gasteiger partial charge in [-0.3, -0.25) is 9.10 Å². The number of aryl methyl sites for hydroxylation is 2. The van der Waals surface area contributed by atoms with Crippen molar-refractivity contribution in [2.75, 3.05) is 15.9 Å². The summed E-state index contributed by atoms with van der Waals surface area (Å²) in [4.78, 5) is 12.9. The molecule has 0 bridgehead atoms. The highest BCUT2D eigenvalue weighted by atomic mass is 32.2. The van der Waals surface area contributed by atoms with Crippen LogP contribution in [0.15, 0.2) is 48.5 Å². The molecule has 1 amide bonds. The predicted octanol–water partition coefficient (Wildman–Crippen LogP) is 4.52. The Morgan fingerprint density at radius 3 is 2.32 bits per heavy atom. The van der Waals surface area contributed by atoms with E-state index in [1.54, 1.807) is 18.2 Å². The first-order valence-electron chi connectivity index (χ1n) is 9.72. The van der Waals surface area contributed by atoms with E-state index in [4.69, 9.17) is 0 Å². The number of amides is 1. The van der Waals surface area contributed by atoms with Gasteiger partial charge in [0.2, 0.25) is 15.9 Å². The standard InChI is InChI=1S/C22H30N2O3S/c1-5-7-10-18-12-14-19(15-13-18)23-22(25)21(6-2)24(28(4,26)27)20-11-8-9-17(3)16-20/h8-9,11-16,21H,5-7,10H2,1-4H3,(H,23,25)/t21-/m1/s1. The topological polar surface area (TPSA) is 66.5 Å². The number of carbonyl (C=O) groups is 1. The maximum absolute atomic E-state index is 12.9. The summed E-state index contributed by atoms with van der Waals surface area (Å²) >= 11 is 0. The van der Waals surface area contributed by atoms with Crippen molar-refractivity contribution in [3.63, 3.8) is 0 Å². The third kappa shape index (κ3) is 5.83. The van der Waals surface area contributed by atoms with Gasteiger partial charge in [-0.2, -0.15) is 0 Å². The van der Waals surface area contributed by atoms with Crippen LogP contribution in [0.3, 0.4) is 0 Å². The van der Waals surface area contributed by atoms with Crippen LogP contribution in [0.4, 0.5) is 11.4 Å². The molecule has 0 spiro atoms. The smallest absolute Gasteiger partial charge is 0.248 e. The van der Waals surface area contributed by atoms with Crippen LogP contribution in [-0.4, -0.2) is 26.6 Å². The molecule has 0 radical (unpaired) electrons. The number of benzene rings is 2. The number of nitrogens with one attached hydrogen (secondary N) is 1. The molecule has 1 N–H and O–H groups in total. The van der Waals surface area contributed by atoms with Crippen molar-refractivity contribution in [1.82, 2.24) is 0 Å². The lowest BCUT2D eigenvalue weighted by molar-refractivity contribution is -0.117. The van der Waals surface area contributed by atoms with E-state index >= 15 is 0 Å². The lowest BCUT2D eigenvalue weighted by Crippen LogP contribution is -2.47. The highest BCUT2D eigenvalue weighted by Gasteiger charge is 2.31. The number of sulfonamides is 1. The SMILES string of the molecule is CCCCc1ccc(NC(=O)[C@@H](CC)N(c2cccc(C)c2)S(C)(=O)=O)cc1. The van der Waals surface area contributed by atoms with Crippen molar-refractivity contribution in [2.24, 2.45) is 0 Å². The van der Waals surface area contributed by atoms with Gasteiger partial charge in [0.05, 0.1) is 11.9 Å². The zero-order chi connectivity index (χ0) is 20.7. The van der Waals surface area contributed by atoms with E-state index < -0.39 is 16.1 Å². The van der Waals surface area contributed by atoms with Gasteiger partial charge in [0.15, 0.2) is 0 Å². The average molecular weight is 403 g/mol. The highest BCUT2D eigenvalue weighted by Crippen LogP contribution is 2.24. The molecule has 0 unspecified atom stereocenters. The molecule has 2 aromatic carbocycles. The van der Waals surface area contributed by atoms with E-state index in [1.165, 1.54) is 9.87 Å². The van der Waals surface area contributed by atoms with Gasteiger partial charge >= 0.3 is 0 Å². The fourth-order valence-corrected chi connectivity index (χ4v) is 4.39. The number of carbonyl (C=O) groups excluding carboxylic acids is 1. The van der Waals surface area contributed by atoms with Crippen molar-refractivity contribution in [2.45, 2.75) is 52.5 Å². The fraction of sp³-hybridized carbons (Fsp3) is 0.409. The normalized spacial score (nSPS) is 12.4. The first-order chi connectivity index (χ1) is 13.3. The molecule has 5 nitrogen and oxygen atoms in total. The Balaban J connectivity index is 2.24. The lowest BCUT2D eigenvalue weighted by atomic mass is 10.1. The summed E-state index contributed by atoms with van der Waals surface area (Å²) in [6.07, 6.45) is 4.77. The van der Waals surface area contributed by atoms with E-state index in [-0.39, 0.29) is 5.91 Å². The Kier molecular flexibility index (Phi) is 7.63. The maximum atomic E-state index is 12.9. The molecule has 0 saturated carbocycles. The maximum Gasteiger partial charge on any atom is 0.248 e. The molecule has 2 aromatic rings. The van der Waals surface area contributed by atoms with Crippen molar-refractivity contribution in [1.29, 1.82) is 0 Å². The van der Waals surface area contributed by atoms with Gasteiger partial charge in [-0.15, -0.1) is 0 Å². The van der Waals surface area contributed by atoms with Crippen LogP contribution >= 0.6 is 0 Å². The average Bonchev–Trinajstić information content (AvgIpc) is 2.64. The summed E-state index contributed by atoms with van der Waals surface area (Å²) in [6, 6.07) is 14.1. The first kappa shape index (κ1) is 22.0. The minimum atomic E-state index is -3.63. The first-order valence-corrected chi connectivity index (χ1v) is 11.6. The van der Waals surface area contributed by atoms with Crippen LogP contribution in [-0.2, 0) is 21.2 Å². The summed E-state index contributed by atoms with van der Waals surface area (Å²) < 4.78 is 26.2. The Bertz CT molecular complexity index is 892. The number of hydrogen-bond donors (Lipinski definition) is 1. The molecule has 0 fully saturated rings. The molecule has 0 saturated heterocycles. The van der Waals surface area contributed by atoms with Gasteiger partial charge in [0, 0.05) is 5.69 Å². The molecule has 152 valence electrons. The summed E-state index contributed by atoms with van der Waals surface area (Å²) in [5.74, 6) is -0.337. The third-order valence-electron chi connectivity index (χ3n) is 4.63. The van der Waals surface area contributed by atoms with E-state index in [1.807, 2.05) is 44.2 Å². The molecule has 0 aromatic heterocycles. The molecule has 28 heavy (non-hydrogen) atoms. The second kappa shape index (κ2) is 9.73. The summed E-state index contributed by atoms with van der Waals surface area (Å²) in [5, 5.41) is 2.87. The van der Waals surface area contributed by atoms with Crippen LogP contribution in [0.5, 0.6) is 0 Å². The molecular formula is C22H30N2O3S.